The van der Waals surface area contributed by atoms with Crippen LogP contribution in [0.25, 0.3) is 0 Å². The Hall–Kier alpha value is -0.860. The third-order valence-corrected chi connectivity index (χ3v) is 6.24. The fourth-order valence-electron chi connectivity index (χ4n) is 5.05. The zero-order chi connectivity index (χ0) is 13.7. The van der Waals surface area contributed by atoms with E-state index in [0.29, 0.717) is 11.7 Å². The minimum Gasteiger partial charge on any atom is -0.339 e. The van der Waals surface area contributed by atoms with Gasteiger partial charge >= 0.3 is 0 Å². The number of likely N-dealkylation sites (tertiary alicyclic amines) is 1. The van der Waals surface area contributed by atoms with Gasteiger partial charge in [-0.15, -0.1) is 0 Å². The van der Waals surface area contributed by atoms with Crippen molar-refractivity contribution in [2.24, 2.45) is 23.7 Å². The Bertz CT molecular complexity index is 423. The molecule has 1 aliphatic heterocycles. The van der Waals surface area contributed by atoms with E-state index in [4.69, 9.17) is 0 Å². The number of hydrogen-bond acceptors (Lipinski definition) is 2. The molecule has 1 saturated heterocycles. The van der Waals surface area contributed by atoms with Gasteiger partial charge in [-0.05, 0) is 63.2 Å². The Labute approximate surface area is 121 Å². The molecule has 4 fully saturated rings. The summed E-state index contributed by atoms with van der Waals surface area (Å²) >= 11 is 0. The molecule has 0 aromatic carbocycles. The van der Waals surface area contributed by atoms with Crippen molar-refractivity contribution in [3.05, 3.63) is 0 Å². The van der Waals surface area contributed by atoms with Gasteiger partial charge in [-0.1, -0.05) is 0 Å². The van der Waals surface area contributed by atoms with Crippen molar-refractivity contribution in [3.63, 3.8) is 0 Å². The maximum absolute atomic E-state index is 12.9. The molecule has 4 rings (SSSR count). The van der Waals surface area contributed by atoms with E-state index in [1.165, 1.54) is 12.8 Å². The highest BCUT2D eigenvalue weighted by Crippen LogP contribution is 2.55. The third kappa shape index (κ3) is 2.10. The van der Waals surface area contributed by atoms with Crippen LogP contribution in [0.4, 0.5) is 0 Å². The van der Waals surface area contributed by atoms with Gasteiger partial charge < -0.3 is 4.90 Å². The normalized spacial score (nSPS) is 43.7. The zero-order valence-electron chi connectivity index (χ0n) is 12.2. The molecule has 4 unspecified atom stereocenters. The first-order valence-corrected chi connectivity index (χ1v) is 8.57. The number of carbonyl (C=O) groups excluding carboxylic acids is 2. The number of carbonyl (C=O) groups is 2. The van der Waals surface area contributed by atoms with Crippen LogP contribution in [0.1, 0.15) is 57.8 Å². The van der Waals surface area contributed by atoms with Crippen LogP contribution in [0.5, 0.6) is 0 Å². The lowest BCUT2D eigenvalue weighted by molar-refractivity contribution is -0.142. The van der Waals surface area contributed by atoms with Gasteiger partial charge in [-0.2, -0.15) is 0 Å². The van der Waals surface area contributed by atoms with E-state index in [1.54, 1.807) is 0 Å². The lowest BCUT2D eigenvalue weighted by Crippen LogP contribution is -2.50. The summed E-state index contributed by atoms with van der Waals surface area (Å²) in [6.07, 6.45) is 9.80. The van der Waals surface area contributed by atoms with Crippen LogP contribution < -0.4 is 0 Å². The number of fused-ring (bicyclic) bond motifs is 1. The summed E-state index contributed by atoms with van der Waals surface area (Å²) in [7, 11) is 0. The summed E-state index contributed by atoms with van der Waals surface area (Å²) in [5.74, 6) is 2.98. The second kappa shape index (κ2) is 4.85. The molecule has 1 amide bonds. The van der Waals surface area contributed by atoms with Crippen molar-refractivity contribution in [1.29, 1.82) is 0 Å². The summed E-state index contributed by atoms with van der Waals surface area (Å²) < 4.78 is 0. The highest BCUT2D eigenvalue weighted by molar-refractivity contribution is 5.85. The van der Waals surface area contributed by atoms with Crippen LogP contribution in [0, 0.1) is 23.7 Å². The first-order chi connectivity index (χ1) is 9.74. The number of nitrogens with zero attached hydrogens (tertiary/aromatic N) is 1. The largest absolute Gasteiger partial charge is 0.339 e. The van der Waals surface area contributed by atoms with E-state index < -0.39 is 0 Å². The molecule has 0 aromatic heterocycles. The maximum atomic E-state index is 12.9. The molecule has 0 aromatic rings. The van der Waals surface area contributed by atoms with Gasteiger partial charge in [-0.3, -0.25) is 9.59 Å². The standard InChI is InChI=1S/C17H25NO2/c19-16-6-3-4-14(16)15-5-1-2-7-18(15)17(20)13-9-11-8-12(11)10-13/h11-15H,1-10H2. The minimum absolute atomic E-state index is 0.162. The summed E-state index contributed by atoms with van der Waals surface area (Å²) in [6.45, 7) is 0.902. The van der Waals surface area contributed by atoms with Gasteiger partial charge in [0.2, 0.25) is 5.91 Å². The van der Waals surface area contributed by atoms with Crippen LogP contribution in [-0.2, 0) is 9.59 Å². The van der Waals surface area contributed by atoms with E-state index in [0.717, 1.165) is 63.3 Å². The second-order valence-corrected chi connectivity index (χ2v) is 7.48. The SMILES string of the molecule is O=C1CCCC1C1CCCCN1C(=O)C1CC2CC2C1. The monoisotopic (exact) mass is 275 g/mol. The fourth-order valence-corrected chi connectivity index (χ4v) is 5.05. The third-order valence-electron chi connectivity index (χ3n) is 6.24. The lowest BCUT2D eigenvalue weighted by atomic mass is 9.87. The van der Waals surface area contributed by atoms with Crippen molar-refractivity contribution in [3.8, 4) is 0 Å². The van der Waals surface area contributed by atoms with Crippen LogP contribution in [-0.4, -0.2) is 29.2 Å². The molecule has 3 nitrogen and oxygen atoms in total. The predicted molar refractivity (Wildman–Crippen MR) is 76.0 cm³/mol. The molecule has 4 atom stereocenters. The average molecular weight is 275 g/mol. The van der Waals surface area contributed by atoms with E-state index in [2.05, 4.69) is 4.90 Å². The summed E-state index contributed by atoms with van der Waals surface area (Å²) in [4.78, 5) is 27.1. The summed E-state index contributed by atoms with van der Waals surface area (Å²) in [5.41, 5.74) is 0. The Balaban J connectivity index is 1.48. The fraction of sp³-hybridized carbons (Fsp3) is 0.882. The van der Waals surface area contributed by atoms with Gasteiger partial charge in [0.05, 0.1) is 0 Å². The highest BCUT2D eigenvalue weighted by atomic mass is 16.2. The van der Waals surface area contributed by atoms with Crippen molar-refractivity contribution in [2.45, 2.75) is 63.8 Å². The van der Waals surface area contributed by atoms with Crippen LogP contribution in [0.3, 0.4) is 0 Å². The molecule has 0 N–H and O–H groups in total. The molecular formula is C17H25NO2. The van der Waals surface area contributed by atoms with E-state index in [1.807, 2.05) is 0 Å². The number of ketones is 1. The molecule has 110 valence electrons. The molecular weight excluding hydrogens is 250 g/mol. The van der Waals surface area contributed by atoms with Crippen molar-refractivity contribution >= 4 is 11.7 Å². The first kappa shape index (κ1) is 12.8. The Morgan fingerprint density at radius 2 is 1.80 bits per heavy atom. The Kier molecular flexibility index (Phi) is 3.12. The van der Waals surface area contributed by atoms with Crippen molar-refractivity contribution in [1.82, 2.24) is 4.90 Å². The topological polar surface area (TPSA) is 37.4 Å². The molecule has 4 aliphatic rings. The lowest BCUT2D eigenvalue weighted by Gasteiger charge is -2.40. The first-order valence-electron chi connectivity index (χ1n) is 8.57. The Morgan fingerprint density at radius 3 is 2.50 bits per heavy atom. The predicted octanol–water partition coefficient (Wildman–Crippen LogP) is 2.78. The molecule has 20 heavy (non-hydrogen) atoms. The molecule has 3 saturated carbocycles. The number of hydrogen-bond donors (Lipinski definition) is 0. The number of Topliss-reactive ketones (excluding diaryl/α,β-unsaturated/α-hetero) is 1. The van der Waals surface area contributed by atoms with Gasteiger partial charge in [-0.25, -0.2) is 0 Å². The van der Waals surface area contributed by atoms with Crippen LogP contribution >= 0.6 is 0 Å². The molecule has 0 bridgehead atoms. The molecule has 3 heteroatoms. The number of piperidine rings is 1. The molecule has 0 spiro atoms. The van der Waals surface area contributed by atoms with Crippen LogP contribution in [0.15, 0.2) is 0 Å². The molecule has 1 heterocycles. The Morgan fingerprint density at radius 1 is 1.00 bits per heavy atom. The molecule has 0 radical (unpaired) electrons. The smallest absolute Gasteiger partial charge is 0.225 e. The maximum Gasteiger partial charge on any atom is 0.225 e. The van der Waals surface area contributed by atoms with E-state index >= 15 is 0 Å². The average Bonchev–Trinajstić information content (AvgIpc) is 2.87. The van der Waals surface area contributed by atoms with Crippen molar-refractivity contribution < 1.29 is 9.59 Å². The second-order valence-electron chi connectivity index (χ2n) is 7.48. The van der Waals surface area contributed by atoms with Gasteiger partial charge in [0.15, 0.2) is 0 Å². The summed E-state index contributed by atoms with van der Waals surface area (Å²) in [6, 6.07) is 0.239. The zero-order valence-corrected chi connectivity index (χ0v) is 12.2. The minimum atomic E-state index is 0.162. The molecule has 3 aliphatic carbocycles. The van der Waals surface area contributed by atoms with Crippen molar-refractivity contribution in [2.75, 3.05) is 6.54 Å². The van der Waals surface area contributed by atoms with Gasteiger partial charge in [0, 0.05) is 30.8 Å². The number of rotatable bonds is 2. The van der Waals surface area contributed by atoms with Crippen LogP contribution in [0.2, 0.25) is 0 Å². The summed E-state index contributed by atoms with van der Waals surface area (Å²) in [5, 5.41) is 0. The quantitative estimate of drug-likeness (QED) is 0.777. The number of amides is 1. The van der Waals surface area contributed by atoms with E-state index in [-0.39, 0.29) is 17.9 Å². The van der Waals surface area contributed by atoms with Gasteiger partial charge in [0.1, 0.15) is 5.78 Å². The van der Waals surface area contributed by atoms with E-state index in [9.17, 15) is 9.59 Å². The van der Waals surface area contributed by atoms with Gasteiger partial charge in [0.25, 0.3) is 0 Å². The highest BCUT2D eigenvalue weighted by Gasteiger charge is 2.50.